The summed E-state index contributed by atoms with van der Waals surface area (Å²) in [6, 6.07) is 3.35. The lowest BCUT2D eigenvalue weighted by molar-refractivity contribution is -0.130. The van der Waals surface area contributed by atoms with Crippen LogP contribution in [0.3, 0.4) is 0 Å². The molecule has 0 bridgehead atoms. The smallest absolute Gasteiger partial charge is 0.338 e. The van der Waals surface area contributed by atoms with E-state index in [0.717, 1.165) is 11.1 Å². The van der Waals surface area contributed by atoms with E-state index in [0.29, 0.717) is 17.7 Å². The molecule has 0 aliphatic carbocycles. The van der Waals surface area contributed by atoms with Crippen LogP contribution in [0.1, 0.15) is 34.3 Å². The SMILES string of the molecule is COC(=O)c1cc(NC(=O)C2=NN(C)C(=O)CC2)cc(C)c1C. The average molecular weight is 317 g/mol. The molecular formula is C16H19N3O4. The lowest BCUT2D eigenvalue weighted by Gasteiger charge is -2.19. The molecule has 0 saturated heterocycles. The Bertz CT molecular complexity index is 710. The Morgan fingerprint density at radius 3 is 2.57 bits per heavy atom. The molecule has 2 amide bonds. The van der Waals surface area contributed by atoms with Gasteiger partial charge in [-0.3, -0.25) is 9.59 Å². The zero-order chi connectivity index (χ0) is 17.1. The molecule has 0 aromatic heterocycles. The summed E-state index contributed by atoms with van der Waals surface area (Å²) in [6.07, 6.45) is 0.548. The standard InChI is InChI=1S/C16H19N3O4/c1-9-7-11(8-12(10(9)2)16(22)23-4)17-15(21)13-5-6-14(20)19(3)18-13/h7-8H,5-6H2,1-4H3,(H,17,21). The van der Waals surface area contributed by atoms with Crippen molar-refractivity contribution in [2.75, 3.05) is 19.5 Å². The molecule has 7 nitrogen and oxygen atoms in total. The largest absolute Gasteiger partial charge is 0.465 e. The van der Waals surface area contributed by atoms with E-state index in [9.17, 15) is 14.4 Å². The number of nitrogens with zero attached hydrogens (tertiary/aromatic N) is 2. The Balaban J connectivity index is 2.25. The summed E-state index contributed by atoms with van der Waals surface area (Å²) in [4.78, 5) is 35.5. The van der Waals surface area contributed by atoms with Gasteiger partial charge in [-0.1, -0.05) is 0 Å². The van der Waals surface area contributed by atoms with Crippen LogP contribution in [-0.2, 0) is 14.3 Å². The van der Waals surface area contributed by atoms with Crippen molar-refractivity contribution in [3.63, 3.8) is 0 Å². The van der Waals surface area contributed by atoms with Crippen LogP contribution < -0.4 is 5.32 Å². The Kier molecular flexibility index (Phi) is 4.78. The van der Waals surface area contributed by atoms with Gasteiger partial charge in [0.15, 0.2) is 0 Å². The number of hydrogen-bond donors (Lipinski definition) is 1. The van der Waals surface area contributed by atoms with Crippen LogP contribution in [0.5, 0.6) is 0 Å². The van der Waals surface area contributed by atoms with E-state index in [1.54, 1.807) is 12.1 Å². The van der Waals surface area contributed by atoms with Gasteiger partial charge in [0.25, 0.3) is 5.91 Å². The third-order valence-corrected chi connectivity index (χ3v) is 3.80. The van der Waals surface area contributed by atoms with E-state index in [2.05, 4.69) is 10.4 Å². The lowest BCUT2D eigenvalue weighted by atomic mass is 10.0. The first-order chi connectivity index (χ1) is 10.8. The van der Waals surface area contributed by atoms with Crippen LogP contribution in [-0.4, -0.2) is 42.7 Å². The van der Waals surface area contributed by atoms with Gasteiger partial charge in [-0.05, 0) is 37.1 Å². The third kappa shape index (κ3) is 3.56. The fourth-order valence-corrected chi connectivity index (χ4v) is 2.29. The zero-order valence-corrected chi connectivity index (χ0v) is 13.6. The molecule has 0 atom stereocenters. The number of rotatable bonds is 3. The lowest BCUT2D eigenvalue weighted by Crippen LogP contribution is -2.34. The van der Waals surface area contributed by atoms with Crippen molar-refractivity contribution in [1.29, 1.82) is 0 Å². The monoisotopic (exact) mass is 317 g/mol. The van der Waals surface area contributed by atoms with Crippen LogP contribution in [0.25, 0.3) is 0 Å². The molecule has 0 unspecified atom stereocenters. The molecule has 1 aliphatic rings. The van der Waals surface area contributed by atoms with Gasteiger partial charge in [0.05, 0.1) is 12.7 Å². The van der Waals surface area contributed by atoms with Gasteiger partial charge in [0.2, 0.25) is 5.91 Å². The highest BCUT2D eigenvalue weighted by Gasteiger charge is 2.22. The molecule has 0 saturated carbocycles. The summed E-state index contributed by atoms with van der Waals surface area (Å²) in [5, 5.41) is 7.85. The zero-order valence-electron chi connectivity index (χ0n) is 13.6. The van der Waals surface area contributed by atoms with E-state index in [1.807, 2.05) is 13.8 Å². The van der Waals surface area contributed by atoms with Crippen molar-refractivity contribution >= 4 is 29.2 Å². The van der Waals surface area contributed by atoms with E-state index < -0.39 is 5.97 Å². The maximum atomic E-state index is 12.3. The number of methoxy groups -OCH3 is 1. The summed E-state index contributed by atoms with van der Waals surface area (Å²) in [7, 11) is 2.83. The number of hydrazone groups is 1. The molecule has 1 aliphatic heterocycles. The van der Waals surface area contributed by atoms with Gasteiger partial charge in [-0.2, -0.15) is 5.10 Å². The summed E-state index contributed by atoms with van der Waals surface area (Å²) in [6.45, 7) is 3.67. The minimum atomic E-state index is -0.456. The molecule has 2 rings (SSSR count). The van der Waals surface area contributed by atoms with E-state index >= 15 is 0 Å². The van der Waals surface area contributed by atoms with Crippen molar-refractivity contribution in [2.45, 2.75) is 26.7 Å². The number of carbonyl (C=O) groups excluding carboxylic acids is 3. The predicted molar refractivity (Wildman–Crippen MR) is 85.3 cm³/mol. The molecule has 122 valence electrons. The molecule has 0 fully saturated rings. The summed E-state index contributed by atoms with van der Waals surface area (Å²) in [5.41, 5.74) is 2.84. The predicted octanol–water partition coefficient (Wildman–Crippen LogP) is 1.64. The molecule has 23 heavy (non-hydrogen) atoms. The molecule has 1 aromatic rings. The Labute approximate surface area is 134 Å². The molecular weight excluding hydrogens is 298 g/mol. The summed E-state index contributed by atoms with van der Waals surface area (Å²) >= 11 is 0. The van der Waals surface area contributed by atoms with Gasteiger partial charge < -0.3 is 10.1 Å². The number of benzene rings is 1. The van der Waals surface area contributed by atoms with Crippen LogP contribution in [0.15, 0.2) is 17.2 Å². The summed E-state index contributed by atoms with van der Waals surface area (Å²) < 4.78 is 4.75. The first-order valence-electron chi connectivity index (χ1n) is 7.18. The average Bonchev–Trinajstić information content (AvgIpc) is 2.52. The van der Waals surface area contributed by atoms with Crippen LogP contribution in [0.2, 0.25) is 0 Å². The molecule has 1 N–H and O–H groups in total. The number of ether oxygens (including phenoxy) is 1. The maximum absolute atomic E-state index is 12.3. The topological polar surface area (TPSA) is 88.1 Å². The number of esters is 1. The second-order valence-electron chi connectivity index (χ2n) is 5.38. The third-order valence-electron chi connectivity index (χ3n) is 3.80. The number of nitrogens with one attached hydrogen (secondary N) is 1. The first kappa shape index (κ1) is 16.7. The summed E-state index contributed by atoms with van der Waals surface area (Å²) in [5.74, 6) is -0.967. The van der Waals surface area contributed by atoms with Crippen molar-refractivity contribution < 1.29 is 19.1 Å². The van der Waals surface area contributed by atoms with Crippen molar-refractivity contribution in [1.82, 2.24) is 5.01 Å². The number of anilines is 1. The van der Waals surface area contributed by atoms with Gasteiger partial charge in [0, 0.05) is 25.6 Å². The quantitative estimate of drug-likeness (QED) is 0.858. The number of carbonyl (C=O) groups is 3. The second-order valence-corrected chi connectivity index (χ2v) is 5.38. The first-order valence-corrected chi connectivity index (χ1v) is 7.18. The van der Waals surface area contributed by atoms with Crippen LogP contribution in [0.4, 0.5) is 5.69 Å². The minimum Gasteiger partial charge on any atom is -0.465 e. The molecule has 0 spiro atoms. The molecule has 0 radical (unpaired) electrons. The van der Waals surface area contributed by atoms with Gasteiger partial charge in [0.1, 0.15) is 5.71 Å². The van der Waals surface area contributed by atoms with Crippen LogP contribution in [0, 0.1) is 13.8 Å². The molecule has 1 aromatic carbocycles. The normalized spacial score (nSPS) is 14.3. The second kappa shape index (κ2) is 6.60. The highest BCUT2D eigenvalue weighted by molar-refractivity contribution is 6.43. The van der Waals surface area contributed by atoms with Gasteiger partial charge in [-0.15, -0.1) is 0 Å². The Morgan fingerprint density at radius 1 is 1.26 bits per heavy atom. The van der Waals surface area contributed by atoms with E-state index in [4.69, 9.17) is 4.74 Å². The van der Waals surface area contributed by atoms with Crippen LogP contribution >= 0.6 is 0 Å². The highest BCUT2D eigenvalue weighted by Crippen LogP contribution is 2.21. The van der Waals surface area contributed by atoms with Crippen molar-refractivity contribution in [2.24, 2.45) is 5.10 Å². The molecule has 7 heteroatoms. The van der Waals surface area contributed by atoms with Crippen molar-refractivity contribution in [3.8, 4) is 0 Å². The maximum Gasteiger partial charge on any atom is 0.338 e. The van der Waals surface area contributed by atoms with Gasteiger partial charge in [-0.25, -0.2) is 9.80 Å². The minimum absolute atomic E-state index is 0.124. The number of amides is 2. The Hall–Kier alpha value is -2.70. The van der Waals surface area contributed by atoms with Crippen molar-refractivity contribution in [3.05, 3.63) is 28.8 Å². The number of hydrogen-bond acceptors (Lipinski definition) is 5. The molecule has 1 heterocycles. The Morgan fingerprint density at radius 2 is 1.96 bits per heavy atom. The fraction of sp³-hybridized carbons (Fsp3) is 0.375. The fourth-order valence-electron chi connectivity index (χ4n) is 2.29. The number of aryl methyl sites for hydroxylation is 1. The van der Waals surface area contributed by atoms with Gasteiger partial charge >= 0.3 is 5.97 Å². The van der Waals surface area contributed by atoms with E-state index in [-0.39, 0.29) is 23.9 Å². The van der Waals surface area contributed by atoms with E-state index in [1.165, 1.54) is 19.2 Å². The highest BCUT2D eigenvalue weighted by atomic mass is 16.5.